The standard InChI is InChI=1S/C17H19FN4O3/c1-21-8-3-2-7-13(17(21)25)19-16(24)15-14(23)10-22(20-15)12-6-4-5-11(18)9-12/h4-6,9-10,13,23H,2-3,7-8H2,1H3,(H,19,24)/t13-/m1/s1. The van der Waals surface area contributed by atoms with Crippen LogP contribution >= 0.6 is 0 Å². The van der Waals surface area contributed by atoms with Crippen molar-refractivity contribution >= 4 is 11.8 Å². The first-order valence-corrected chi connectivity index (χ1v) is 8.06. The highest BCUT2D eigenvalue weighted by Crippen LogP contribution is 2.19. The van der Waals surface area contributed by atoms with Crippen molar-refractivity contribution in [2.45, 2.75) is 25.3 Å². The number of rotatable bonds is 3. The highest BCUT2D eigenvalue weighted by Gasteiger charge is 2.28. The quantitative estimate of drug-likeness (QED) is 0.881. The third kappa shape index (κ3) is 3.62. The fourth-order valence-electron chi connectivity index (χ4n) is 2.84. The third-order valence-corrected chi connectivity index (χ3v) is 4.20. The molecule has 2 amide bonds. The molecule has 3 rings (SSSR count). The average molecular weight is 346 g/mol. The van der Waals surface area contributed by atoms with Gasteiger partial charge in [0, 0.05) is 13.6 Å². The molecule has 1 aliphatic heterocycles. The number of carbonyl (C=O) groups excluding carboxylic acids is 2. The molecule has 132 valence electrons. The number of aromatic nitrogens is 2. The minimum Gasteiger partial charge on any atom is -0.504 e. The monoisotopic (exact) mass is 346 g/mol. The Kier molecular flexibility index (Phi) is 4.69. The highest BCUT2D eigenvalue weighted by molar-refractivity contribution is 5.98. The summed E-state index contributed by atoms with van der Waals surface area (Å²) in [7, 11) is 1.70. The summed E-state index contributed by atoms with van der Waals surface area (Å²) in [6.07, 6.45) is 3.48. The molecule has 1 fully saturated rings. The lowest BCUT2D eigenvalue weighted by Crippen LogP contribution is -2.46. The summed E-state index contributed by atoms with van der Waals surface area (Å²) in [6.45, 7) is 0.657. The molecule has 0 saturated carbocycles. The molecule has 0 spiro atoms. The number of likely N-dealkylation sites (N-methyl/N-ethyl adjacent to an activating group) is 1. The topological polar surface area (TPSA) is 87.5 Å². The van der Waals surface area contributed by atoms with E-state index in [0.717, 1.165) is 12.8 Å². The number of hydrogen-bond acceptors (Lipinski definition) is 4. The zero-order valence-electron chi connectivity index (χ0n) is 13.8. The van der Waals surface area contributed by atoms with Gasteiger partial charge in [0.05, 0.1) is 11.9 Å². The molecule has 1 aliphatic rings. The van der Waals surface area contributed by atoms with E-state index in [1.54, 1.807) is 18.0 Å². The molecule has 1 atom stereocenters. The van der Waals surface area contributed by atoms with E-state index in [1.165, 1.54) is 29.1 Å². The molecule has 1 aromatic carbocycles. The molecule has 0 unspecified atom stereocenters. The lowest BCUT2D eigenvalue weighted by atomic mass is 10.1. The fraction of sp³-hybridized carbons (Fsp3) is 0.353. The van der Waals surface area contributed by atoms with Crippen LogP contribution in [-0.2, 0) is 4.79 Å². The largest absolute Gasteiger partial charge is 0.504 e. The molecule has 1 saturated heterocycles. The van der Waals surface area contributed by atoms with Gasteiger partial charge in [-0.2, -0.15) is 5.10 Å². The first-order valence-electron chi connectivity index (χ1n) is 8.06. The third-order valence-electron chi connectivity index (χ3n) is 4.20. The maximum atomic E-state index is 13.3. The van der Waals surface area contributed by atoms with Crippen LogP contribution < -0.4 is 5.32 Å². The Morgan fingerprint density at radius 2 is 2.20 bits per heavy atom. The van der Waals surface area contributed by atoms with Crippen LogP contribution in [0.25, 0.3) is 5.69 Å². The molecule has 7 nitrogen and oxygen atoms in total. The molecular formula is C17H19FN4O3. The Morgan fingerprint density at radius 3 is 2.96 bits per heavy atom. The second-order valence-corrected chi connectivity index (χ2v) is 6.07. The zero-order chi connectivity index (χ0) is 18.0. The van der Waals surface area contributed by atoms with Gasteiger partial charge in [0.2, 0.25) is 5.91 Å². The van der Waals surface area contributed by atoms with Gasteiger partial charge < -0.3 is 15.3 Å². The minimum absolute atomic E-state index is 0.157. The van der Waals surface area contributed by atoms with Gasteiger partial charge in [0.1, 0.15) is 11.9 Å². The van der Waals surface area contributed by atoms with Crippen molar-refractivity contribution < 1.29 is 19.1 Å². The van der Waals surface area contributed by atoms with Gasteiger partial charge in [-0.05, 0) is 37.5 Å². The van der Waals surface area contributed by atoms with Crippen LogP contribution in [0.2, 0.25) is 0 Å². The summed E-state index contributed by atoms with van der Waals surface area (Å²) in [5, 5.41) is 16.7. The predicted octanol–water partition coefficient (Wildman–Crippen LogP) is 1.46. The van der Waals surface area contributed by atoms with Crippen LogP contribution in [0.1, 0.15) is 29.8 Å². The number of amides is 2. The molecular weight excluding hydrogens is 327 g/mol. The van der Waals surface area contributed by atoms with Gasteiger partial charge >= 0.3 is 0 Å². The van der Waals surface area contributed by atoms with Gasteiger partial charge in [-0.25, -0.2) is 9.07 Å². The van der Waals surface area contributed by atoms with Crippen molar-refractivity contribution in [3.8, 4) is 11.4 Å². The molecule has 8 heteroatoms. The molecule has 0 radical (unpaired) electrons. The van der Waals surface area contributed by atoms with E-state index < -0.39 is 17.8 Å². The van der Waals surface area contributed by atoms with Crippen LogP contribution in [0.5, 0.6) is 5.75 Å². The Hall–Kier alpha value is -2.90. The van der Waals surface area contributed by atoms with E-state index in [0.29, 0.717) is 18.7 Å². The predicted molar refractivity (Wildman–Crippen MR) is 87.9 cm³/mol. The summed E-state index contributed by atoms with van der Waals surface area (Å²) < 4.78 is 14.5. The van der Waals surface area contributed by atoms with Crippen molar-refractivity contribution in [2.75, 3.05) is 13.6 Å². The number of nitrogens with zero attached hydrogens (tertiary/aromatic N) is 3. The average Bonchev–Trinajstić information content (AvgIpc) is 2.91. The zero-order valence-corrected chi connectivity index (χ0v) is 13.8. The number of likely N-dealkylation sites (tertiary alicyclic amines) is 1. The Balaban J connectivity index is 1.79. The highest BCUT2D eigenvalue weighted by atomic mass is 19.1. The summed E-state index contributed by atoms with van der Waals surface area (Å²) in [6, 6.07) is 4.98. The van der Waals surface area contributed by atoms with Crippen LogP contribution in [0.15, 0.2) is 30.5 Å². The normalized spacial score (nSPS) is 18.1. The maximum Gasteiger partial charge on any atom is 0.276 e. The molecule has 25 heavy (non-hydrogen) atoms. The van der Waals surface area contributed by atoms with Crippen molar-refractivity contribution in [2.24, 2.45) is 0 Å². The van der Waals surface area contributed by atoms with Crippen LogP contribution in [-0.4, -0.2) is 51.2 Å². The summed E-state index contributed by atoms with van der Waals surface area (Å²) in [5.41, 5.74) is 0.170. The Bertz CT molecular complexity index is 805. The van der Waals surface area contributed by atoms with E-state index in [4.69, 9.17) is 0 Å². The first-order chi connectivity index (χ1) is 12.0. The van der Waals surface area contributed by atoms with E-state index in [9.17, 15) is 19.1 Å². The molecule has 0 aliphatic carbocycles. The first kappa shape index (κ1) is 16.9. The summed E-state index contributed by atoms with van der Waals surface area (Å²) in [4.78, 5) is 26.2. The van der Waals surface area contributed by atoms with Crippen LogP contribution in [0.3, 0.4) is 0 Å². The van der Waals surface area contributed by atoms with Gasteiger partial charge in [-0.3, -0.25) is 9.59 Å². The Labute approximate surface area is 144 Å². The van der Waals surface area contributed by atoms with Crippen molar-refractivity contribution in [1.82, 2.24) is 20.0 Å². The number of carbonyl (C=O) groups is 2. The minimum atomic E-state index is -0.640. The van der Waals surface area contributed by atoms with E-state index >= 15 is 0 Å². The molecule has 2 aromatic rings. The number of benzene rings is 1. The molecule has 2 N–H and O–H groups in total. The van der Waals surface area contributed by atoms with E-state index in [1.807, 2.05) is 0 Å². The van der Waals surface area contributed by atoms with Crippen molar-refractivity contribution in [3.05, 3.63) is 42.0 Å². The van der Waals surface area contributed by atoms with Gasteiger partial charge in [-0.1, -0.05) is 6.07 Å². The SMILES string of the molecule is CN1CCCC[C@@H](NC(=O)c2nn(-c3cccc(F)c3)cc2O)C1=O. The summed E-state index contributed by atoms with van der Waals surface area (Å²) >= 11 is 0. The maximum absolute atomic E-state index is 13.3. The van der Waals surface area contributed by atoms with Crippen LogP contribution in [0.4, 0.5) is 4.39 Å². The second-order valence-electron chi connectivity index (χ2n) is 6.07. The lowest BCUT2D eigenvalue weighted by Gasteiger charge is -2.20. The molecule has 2 heterocycles. The van der Waals surface area contributed by atoms with E-state index in [2.05, 4.69) is 10.4 Å². The van der Waals surface area contributed by atoms with Gasteiger partial charge in [-0.15, -0.1) is 0 Å². The lowest BCUT2D eigenvalue weighted by molar-refractivity contribution is -0.131. The number of nitrogens with one attached hydrogen (secondary N) is 1. The second kappa shape index (κ2) is 6.92. The smallest absolute Gasteiger partial charge is 0.276 e. The molecule has 0 bridgehead atoms. The van der Waals surface area contributed by atoms with Crippen LogP contribution in [0, 0.1) is 5.82 Å². The fourth-order valence-corrected chi connectivity index (χ4v) is 2.84. The number of hydrogen-bond donors (Lipinski definition) is 2. The Morgan fingerprint density at radius 1 is 1.40 bits per heavy atom. The van der Waals surface area contributed by atoms with E-state index in [-0.39, 0.29) is 17.4 Å². The number of aromatic hydroxyl groups is 1. The molecule has 1 aromatic heterocycles. The summed E-state index contributed by atoms with van der Waals surface area (Å²) in [5.74, 6) is -1.59. The van der Waals surface area contributed by atoms with Gasteiger partial charge in [0.25, 0.3) is 5.91 Å². The number of halogens is 1. The van der Waals surface area contributed by atoms with Crippen molar-refractivity contribution in [3.63, 3.8) is 0 Å². The van der Waals surface area contributed by atoms with Crippen molar-refractivity contribution in [1.29, 1.82) is 0 Å². The van der Waals surface area contributed by atoms with Gasteiger partial charge in [0.15, 0.2) is 11.4 Å².